The number of nitrogens with zero attached hydrogens (tertiary/aromatic N) is 5. The number of tetrazole rings is 1. The number of carbonyl (C=O) groups is 2. The molecule has 10 heteroatoms. The zero-order chi connectivity index (χ0) is 18.9. The molecule has 26 heavy (non-hydrogen) atoms. The Morgan fingerprint density at radius 3 is 2.12 bits per heavy atom. The third kappa shape index (κ3) is 4.08. The predicted molar refractivity (Wildman–Crippen MR) is 93.3 cm³/mol. The molecule has 1 aliphatic rings. The van der Waals surface area contributed by atoms with Crippen LogP contribution in [0.5, 0.6) is 0 Å². The lowest BCUT2D eigenvalue weighted by atomic mass is 9.78. The summed E-state index contributed by atoms with van der Waals surface area (Å²) in [6, 6.07) is 6.96. The molecule has 2 aromatic rings. The topological polar surface area (TPSA) is 99.4 Å². The molecular formula is C16H20BN5O4. The van der Waals surface area contributed by atoms with Crippen molar-refractivity contribution in [2.24, 2.45) is 0 Å². The maximum absolute atomic E-state index is 11.8. The zero-order valence-electron chi connectivity index (χ0n) is 15.2. The van der Waals surface area contributed by atoms with E-state index in [0.29, 0.717) is 11.3 Å². The fourth-order valence-corrected chi connectivity index (χ4v) is 2.37. The quantitative estimate of drug-likeness (QED) is 0.683. The van der Waals surface area contributed by atoms with Gasteiger partial charge in [0.15, 0.2) is 0 Å². The molecule has 0 saturated carbocycles. The van der Waals surface area contributed by atoms with Crippen molar-refractivity contribution in [2.75, 3.05) is 20.1 Å². The molecule has 136 valence electrons. The second-order valence-electron chi connectivity index (χ2n) is 7.18. The predicted octanol–water partition coefficient (Wildman–Crippen LogP) is -0.178. The van der Waals surface area contributed by atoms with Crippen LogP contribution in [0.4, 0.5) is 0 Å². The molecule has 0 spiro atoms. The highest BCUT2D eigenvalue weighted by molar-refractivity contribution is 6.64. The molecule has 9 nitrogen and oxygen atoms in total. The summed E-state index contributed by atoms with van der Waals surface area (Å²) < 4.78 is 10.5. The first-order valence-corrected chi connectivity index (χ1v) is 8.21. The van der Waals surface area contributed by atoms with Gasteiger partial charge in [-0.1, -0.05) is 24.3 Å². The Balaban J connectivity index is 1.79. The van der Waals surface area contributed by atoms with Crippen molar-refractivity contribution in [2.45, 2.75) is 26.3 Å². The van der Waals surface area contributed by atoms with Gasteiger partial charge >= 0.3 is 19.1 Å². The van der Waals surface area contributed by atoms with Crippen LogP contribution in [0.1, 0.15) is 20.8 Å². The van der Waals surface area contributed by atoms with Gasteiger partial charge in [0.2, 0.25) is 5.82 Å². The van der Waals surface area contributed by atoms with Crippen LogP contribution < -0.4 is 5.46 Å². The number of benzene rings is 1. The SMILES string of the molecule is CN1CC(=O)OB(c2ccc(-c3nnn(C(C)(C)C)n3)cc2)OC(=O)C1. The van der Waals surface area contributed by atoms with Gasteiger partial charge in [0.1, 0.15) is 0 Å². The summed E-state index contributed by atoms with van der Waals surface area (Å²) in [6.07, 6.45) is 0. The van der Waals surface area contributed by atoms with E-state index < -0.39 is 19.1 Å². The van der Waals surface area contributed by atoms with Gasteiger partial charge in [-0.3, -0.25) is 14.5 Å². The Kier molecular flexibility index (Phi) is 4.77. The molecule has 1 aromatic carbocycles. The number of likely N-dealkylation sites (N-methyl/N-ethyl adjacent to an activating group) is 1. The summed E-state index contributed by atoms with van der Waals surface area (Å²) >= 11 is 0. The van der Waals surface area contributed by atoms with E-state index in [1.165, 1.54) is 4.90 Å². The summed E-state index contributed by atoms with van der Waals surface area (Å²) in [6.45, 7) is 6.01. The minimum Gasteiger partial charge on any atom is -0.494 e. The van der Waals surface area contributed by atoms with Crippen molar-refractivity contribution >= 4 is 24.5 Å². The number of carbonyl (C=O) groups excluding carboxylic acids is 2. The van der Waals surface area contributed by atoms with E-state index in [1.54, 1.807) is 36.1 Å². The molecule has 0 amide bonds. The molecule has 0 bridgehead atoms. The Morgan fingerprint density at radius 2 is 1.62 bits per heavy atom. The molecule has 1 aliphatic heterocycles. The molecule has 0 aliphatic carbocycles. The smallest absolute Gasteiger partial charge is 0.494 e. The number of aromatic nitrogens is 4. The van der Waals surface area contributed by atoms with Crippen LogP contribution in [0.2, 0.25) is 0 Å². The molecule has 0 atom stereocenters. The normalized spacial score (nSPS) is 16.7. The second-order valence-corrected chi connectivity index (χ2v) is 7.18. The highest BCUT2D eigenvalue weighted by Gasteiger charge is 2.33. The number of hydrogen-bond acceptors (Lipinski definition) is 8. The zero-order valence-corrected chi connectivity index (χ0v) is 15.2. The van der Waals surface area contributed by atoms with E-state index in [1.807, 2.05) is 20.8 Å². The maximum atomic E-state index is 11.8. The summed E-state index contributed by atoms with van der Waals surface area (Å²) in [7, 11) is 0.589. The lowest BCUT2D eigenvalue weighted by Crippen LogP contribution is -2.47. The molecule has 2 heterocycles. The van der Waals surface area contributed by atoms with Crippen molar-refractivity contribution in [3.63, 3.8) is 0 Å². The molecule has 1 fully saturated rings. The number of rotatable bonds is 2. The van der Waals surface area contributed by atoms with E-state index in [2.05, 4.69) is 15.4 Å². The van der Waals surface area contributed by atoms with Crippen molar-refractivity contribution < 1.29 is 18.9 Å². The standard InChI is InChI=1S/C16H20BN5O4/c1-16(2,3)22-19-15(18-20-22)11-5-7-12(8-6-11)17-25-13(23)9-21(4)10-14(24)26-17/h5-8H,9-10H2,1-4H3. The summed E-state index contributed by atoms with van der Waals surface area (Å²) in [4.78, 5) is 26.8. The molecule has 1 saturated heterocycles. The number of hydrogen-bond donors (Lipinski definition) is 0. The maximum Gasteiger partial charge on any atom is 0.636 e. The van der Waals surface area contributed by atoms with Crippen LogP contribution in [-0.2, 0) is 24.4 Å². The van der Waals surface area contributed by atoms with Gasteiger partial charge in [0.05, 0.1) is 18.6 Å². The first-order valence-electron chi connectivity index (χ1n) is 8.21. The average Bonchev–Trinajstić information content (AvgIpc) is 3.03. The molecule has 1 aromatic heterocycles. The molecular weight excluding hydrogens is 337 g/mol. The van der Waals surface area contributed by atoms with Gasteiger partial charge in [-0.25, -0.2) is 0 Å². The van der Waals surface area contributed by atoms with Gasteiger partial charge in [-0.15, -0.1) is 10.2 Å². The fraction of sp³-hybridized carbons (Fsp3) is 0.438. The van der Waals surface area contributed by atoms with Gasteiger partial charge in [0, 0.05) is 11.0 Å². The van der Waals surface area contributed by atoms with Crippen molar-refractivity contribution in [3.05, 3.63) is 24.3 Å². The highest BCUT2D eigenvalue weighted by atomic mass is 16.6. The Morgan fingerprint density at radius 1 is 1.04 bits per heavy atom. The fourth-order valence-electron chi connectivity index (χ4n) is 2.37. The van der Waals surface area contributed by atoms with E-state index in [4.69, 9.17) is 9.31 Å². The monoisotopic (exact) mass is 357 g/mol. The van der Waals surface area contributed by atoms with Crippen molar-refractivity contribution in [1.29, 1.82) is 0 Å². The van der Waals surface area contributed by atoms with E-state index in [-0.39, 0.29) is 18.6 Å². The molecule has 3 rings (SSSR count). The minimum absolute atomic E-state index is 0.0313. The summed E-state index contributed by atoms with van der Waals surface area (Å²) in [5.74, 6) is -0.424. The Labute approximate surface area is 151 Å². The van der Waals surface area contributed by atoms with Crippen LogP contribution in [0, 0.1) is 0 Å². The van der Waals surface area contributed by atoms with Crippen LogP contribution in [0.15, 0.2) is 24.3 Å². The Bertz CT molecular complexity index is 795. The Hall–Kier alpha value is -2.75. The highest BCUT2D eigenvalue weighted by Crippen LogP contribution is 2.16. The summed E-state index contributed by atoms with van der Waals surface area (Å²) in [5.41, 5.74) is 1.05. The van der Waals surface area contributed by atoms with Crippen LogP contribution in [0.25, 0.3) is 11.4 Å². The van der Waals surface area contributed by atoms with Gasteiger partial charge in [-0.2, -0.15) is 4.80 Å². The first-order chi connectivity index (χ1) is 12.2. The van der Waals surface area contributed by atoms with Crippen LogP contribution >= 0.6 is 0 Å². The lowest BCUT2D eigenvalue weighted by Gasteiger charge is -2.22. The van der Waals surface area contributed by atoms with E-state index in [0.717, 1.165) is 5.56 Å². The van der Waals surface area contributed by atoms with Crippen molar-refractivity contribution in [1.82, 2.24) is 25.1 Å². The molecule has 0 N–H and O–H groups in total. The van der Waals surface area contributed by atoms with Gasteiger partial charge in [0.25, 0.3) is 0 Å². The second kappa shape index (κ2) is 6.87. The third-order valence-electron chi connectivity index (χ3n) is 3.73. The average molecular weight is 357 g/mol. The largest absolute Gasteiger partial charge is 0.636 e. The van der Waals surface area contributed by atoms with Gasteiger partial charge < -0.3 is 9.31 Å². The van der Waals surface area contributed by atoms with E-state index >= 15 is 0 Å². The molecule has 0 unspecified atom stereocenters. The van der Waals surface area contributed by atoms with Crippen molar-refractivity contribution in [3.8, 4) is 11.4 Å². The van der Waals surface area contributed by atoms with Gasteiger partial charge in [-0.05, 0) is 33.0 Å². The molecule has 0 radical (unpaired) electrons. The lowest BCUT2D eigenvalue weighted by molar-refractivity contribution is -0.145. The summed E-state index contributed by atoms with van der Waals surface area (Å²) in [5, 5.41) is 12.5. The van der Waals surface area contributed by atoms with Crippen LogP contribution in [0.3, 0.4) is 0 Å². The first kappa shape index (κ1) is 18.1. The van der Waals surface area contributed by atoms with Crippen LogP contribution in [-0.4, -0.2) is 64.3 Å². The van der Waals surface area contributed by atoms with E-state index in [9.17, 15) is 9.59 Å². The minimum atomic E-state index is -1.06. The third-order valence-corrected chi connectivity index (χ3v) is 3.73.